The molecule has 7 nitrogen and oxygen atoms in total. The van der Waals surface area contributed by atoms with E-state index in [1.807, 2.05) is 4.90 Å². The van der Waals surface area contributed by atoms with Gasteiger partial charge in [0.05, 0.1) is 11.0 Å². The van der Waals surface area contributed by atoms with E-state index in [2.05, 4.69) is 0 Å². The number of nitrogens with zero attached hydrogens (tertiary/aromatic N) is 3. The van der Waals surface area contributed by atoms with E-state index in [0.717, 1.165) is 18.7 Å². The second-order valence-electron chi connectivity index (χ2n) is 4.56. The van der Waals surface area contributed by atoms with E-state index >= 15 is 0 Å². The number of likely N-dealkylation sites (N-methyl/N-ethyl adjacent to an activating group) is 1. The SMILES string of the molecule is CN(C(=O)O)C1CCN(c2ccc([N+](=O)[O-])cc2)C1. The quantitative estimate of drug-likeness (QED) is 0.665. The van der Waals surface area contributed by atoms with E-state index in [0.29, 0.717) is 6.54 Å². The largest absolute Gasteiger partial charge is 0.465 e. The van der Waals surface area contributed by atoms with Crippen molar-refractivity contribution in [3.63, 3.8) is 0 Å². The van der Waals surface area contributed by atoms with Crippen LogP contribution in [0.15, 0.2) is 24.3 Å². The molecule has 1 aromatic carbocycles. The first-order valence-corrected chi connectivity index (χ1v) is 5.94. The van der Waals surface area contributed by atoms with E-state index in [-0.39, 0.29) is 11.7 Å². The molecule has 102 valence electrons. The van der Waals surface area contributed by atoms with Gasteiger partial charge >= 0.3 is 6.09 Å². The fourth-order valence-electron chi connectivity index (χ4n) is 2.23. The molecule has 1 aromatic rings. The molecule has 1 heterocycles. The van der Waals surface area contributed by atoms with Crippen LogP contribution in [0.4, 0.5) is 16.2 Å². The Morgan fingerprint density at radius 3 is 2.63 bits per heavy atom. The molecule has 1 aliphatic heterocycles. The summed E-state index contributed by atoms with van der Waals surface area (Å²) in [6, 6.07) is 6.28. The highest BCUT2D eigenvalue weighted by Crippen LogP contribution is 2.24. The van der Waals surface area contributed by atoms with Gasteiger partial charge in [0.2, 0.25) is 0 Å². The van der Waals surface area contributed by atoms with Crippen molar-refractivity contribution < 1.29 is 14.8 Å². The zero-order valence-electron chi connectivity index (χ0n) is 10.5. The first-order chi connectivity index (χ1) is 8.99. The summed E-state index contributed by atoms with van der Waals surface area (Å²) in [5.41, 5.74) is 0.939. The Balaban J connectivity index is 2.04. The van der Waals surface area contributed by atoms with Crippen LogP contribution in [0.1, 0.15) is 6.42 Å². The van der Waals surface area contributed by atoms with Gasteiger partial charge in [-0.1, -0.05) is 0 Å². The zero-order chi connectivity index (χ0) is 14.0. The molecule has 1 saturated heterocycles. The maximum absolute atomic E-state index is 10.9. The number of carbonyl (C=O) groups is 1. The fourth-order valence-corrected chi connectivity index (χ4v) is 2.23. The molecule has 0 radical (unpaired) electrons. The Labute approximate surface area is 110 Å². The third kappa shape index (κ3) is 2.75. The van der Waals surface area contributed by atoms with Crippen molar-refractivity contribution in [3.05, 3.63) is 34.4 Å². The molecule has 0 saturated carbocycles. The summed E-state index contributed by atoms with van der Waals surface area (Å²) in [7, 11) is 1.56. The number of anilines is 1. The summed E-state index contributed by atoms with van der Waals surface area (Å²) in [6.45, 7) is 1.36. The van der Waals surface area contributed by atoms with E-state index < -0.39 is 11.0 Å². The molecule has 1 unspecified atom stereocenters. The molecular weight excluding hydrogens is 250 g/mol. The number of benzene rings is 1. The van der Waals surface area contributed by atoms with Crippen LogP contribution in [0.25, 0.3) is 0 Å². The molecule has 7 heteroatoms. The van der Waals surface area contributed by atoms with Crippen molar-refractivity contribution in [3.8, 4) is 0 Å². The Kier molecular flexibility index (Phi) is 3.55. The van der Waals surface area contributed by atoms with Gasteiger partial charge in [-0.3, -0.25) is 10.1 Å². The van der Waals surface area contributed by atoms with Crippen molar-refractivity contribution in [1.82, 2.24) is 4.90 Å². The first-order valence-electron chi connectivity index (χ1n) is 5.94. The monoisotopic (exact) mass is 265 g/mol. The molecular formula is C12H15N3O4. The molecule has 1 N–H and O–H groups in total. The second kappa shape index (κ2) is 5.13. The molecule has 1 amide bonds. The highest BCUT2D eigenvalue weighted by molar-refractivity contribution is 5.65. The summed E-state index contributed by atoms with van der Waals surface area (Å²) in [5, 5.41) is 19.5. The molecule has 0 bridgehead atoms. The smallest absolute Gasteiger partial charge is 0.407 e. The van der Waals surface area contributed by atoms with E-state index in [9.17, 15) is 14.9 Å². The number of nitro groups is 1. The Hall–Kier alpha value is -2.31. The zero-order valence-corrected chi connectivity index (χ0v) is 10.5. The Bertz CT molecular complexity index is 488. The lowest BCUT2D eigenvalue weighted by Crippen LogP contribution is -2.38. The summed E-state index contributed by atoms with van der Waals surface area (Å²) >= 11 is 0. The lowest BCUT2D eigenvalue weighted by atomic mass is 10.2. The van der Waals surface area contributed by atoms with Gasteiger partial charge in [0.25, 0.3) is 5.69 Å². The van der Waals surface area contributed by atoms with Crippen molar-refractivity contribution in [2.45, 2.75) is 12.5 Å². The van der Waals surface area contributed by atoms with E-state index in [1.165, 1.54) is 17.0 Å². The van der Waals surface area contributed by atoms with Gasteiger partial charge in [-0.2, -0.15) is 0 Å². The predicted molar refractivity (Wildman–Crippen MR) is 69.5 cm³/mol. The van der Waals surface area contributed by atoms with Crippen molar-refractivity contribution in [2.75, 3.05) is 25.0 Å². The van der Waals surface area contributed by atoms with Crippen LogP contribution < -0.4 is 4.90 Å². The van der Waals surface area contributed by atoms with Crippen LogP contribution in [-0.2, 0) is 0 Å². The average Bonchev–Trinajstić information content (AvgIpc) is 2.87. The lowest BCUT2D eigenvalue weighted by molar-refractivity contribution is -0.384. The van der Waals surface area contributed by atoms with Crippen LogP contribution in [0, 0.1) is 10.1 Å². The minimum absolute atomic E-state index is 0.0345. The van der Waals surface area contributed by atoms with Crippen LogP contribution in [-0.4, -0.2) is 47.2 Å². The van der Waals surface area contributed by atoms with Crippen LogP contribution in [0.5, 0.6) is 0 Å². The van der Waals surface area contributed by atoms with Gasteiger partial charge in [0.1, 0.15) is 0 Å². The molecule has 0 spiro atoms. The van der Waals surface area contributed by atoms with Gasteiger partial charge < -0.3 is 14.9 Å². The van der Waals surface area contributed by atoms with Gasteiger partial charge in [-0.15, -0.1) is 0 Å². The first kappa shape index (κ1) is 13.1. The third-order valence-electron chi connectivity index (χ3n) is 3.44. The highest BCUT2D eigenvalue weighted by Gasteiger charge is 2.28. The number of non-ortho nitro benzene ring substituents is 1. The maximum atomic E-state index is 10.9. The fraction of sp³-hybridized carbons (Fsp3) is 0.417. The predicted octanol–water partition coefficient (Wildman–Crippen LogP) is 1.78. The number of carboxylic acid groups (broad SMARTS) is 1. The minimum Gasteiger partial charge on any atom is -0.465 e. The van der Waals surface area contributed by atoms with Gasteiger partial charge in [-0.25, -0.2) is 4.79 Å². The Morgan fingerprint density at radius 1 is 1.47 bits per heavy atom. The molecule has 1 fully saturated rings. The van der Waals surface area contributed by atoms with E-state index in [4.69, 9.17) is 5.11 Å². The number of nitro benzene ring substituents is 1. The van der Waals surface area contributed by atoms with Crippen LogP contribution in [0.2, 0.25) is 0 Å². The van der Waals surface area contributed by atoms with Crippen molar-refractivity contribution in [2.24, 2.45) is 0 Å². The standard InChI is InChI=1S/C12H15N3O4/c1-13(12(16)17)11-6-7-14(8-11)9-2-4-10(5-3-9)15(18)19/h2-5,11H,6-8H2,1H3,(H,16,17). The van der Waals surface area contributed by atoms with Gasteiger partial charge in [0, 0.05) is 38.0 Å². The van der Waals surface area contributed by atoms with Gasteiger partial charge in [-0.05, 0) is 18.6 Å². The van der Waals surface area contributed by atoms with Crippen LogP contribution in [0.3, 0.4) is 0 Å². The van der Waals surface area contributed by atoms with Crippen molar-refractivity contribution in [1.29, 1.82) is 0 Å². The second-order valence-corrected chi connectivity index (χ2v) is 4.56. The summed E-state index contributed by atoms with van der Waals surface area (Å²) in [6.07, 6.45) is -0.171. The van der Waals surface area contributed by atoms with Crippen molar-refractivity contribution >= 4 is 17.5 Å². The lowest BCUT2D eigenvalue weighted by Gasteiger charge is -2.22. The van der Waals surface area contributed by atoms with Gasteiger partial charge in [0.15, 0.2) is 0 Å². The average molecular weight is 265 g/mol. The topological polar surface area (TPSA) is 86.9 Å². The number of hydrogen-bond acceptors (Lipinski definition) is 4. The molecule has 1 atom stereocenters. The number of amides is 1. The summed E-state index contributed by atoms with van der Waals surface area (Å²) in [5.74, 6) is 0. The summed E-state index contributed by atoms with van der Waals surface area (Å²) in [4.78, 5) is 24.4. The summed E-state index contributed by atoms with van der Waals surface area (Å²) < 4.78 is 0. The van der Waals surface area contributed by atoms with Crippen LogP contribution >= 0.6 is 0 Å². The normalized spacial score (nSPS) is 18.4. The maximum Gasteiger partial charge on any atom is 0.407 e. The molecule has 19 heavy (non-hydrogen) atoms. The molecule has 2 rings (SSSR count). The number of rotatable bonds is 3. The third-order valence-corrected chi connectivity index (χ3v) is 3.44. The number of hydrogen-bond donors (Lipinski definition) is 1. The highest BCUT2D eigenvalue weighted by atomic mass is 16.6. The molecule has 0 aliphatic carbocycles. The molecule has 0 aromatic heterocycles. The Morgan fingerprint density at radius 2 is 2.11 bits per heavy atom. The molecule has 1 aliphatic rings. The van der Waals surface area contributed by atoms with E-state index in [1.54, 1.807) is 19.2 Å². The minimum atomic E-state index is -0.935.